The van der Waals surface area contributed by atoms with Crippen molar-refractivity contribution in [2.45, 2.75) is 31.7 Å². The first-order valence-electron chi connectivity index (χ1n) is 8.81. The molecule has 31 heavy (non-hydrogen) atoms. The molecule has 0 radical (unpaired) electrons. The summed E-state index contributed by atoms with van der Waals surface area (Å²) in [7, 11) is 0. The van der Waals surface area contributed by atoms with Gasteiger partial charge in [-0.3, -0.25) is 4.79 Å². The number of hydrogen-bond donors (Lipinski definition) is 0. The lowest BCUT2D eigenvalue weighted by Gasteiger charge is -2.29. The largest absolute Gasteiger partial charge is 0.456 e. The van der Waals surface area contributed by atoms with Crippen LogP contribution in [0.25, 0.3) is 0 Å². The van der Waals surface area contributed by atoms with Gasteiger partial charge in [0.15, 0.2) is 0 Å². The second kappa shape index (κ2) is 7.79. The number of rotatable bonds is 2. The Bertz CT molecular complexity index is 985. The molecule has 11 heteroatoms. The molecule has 0 aromatic heterocycles. The lowest BCUT2D eigenvalue weighted by atomic mass is 9.99. The molecule has 0 amide bonds. The van der Waals surface area contributed by atoms with Crippen LogP contribution in [-0.4, -0.2) is 31.1 Å². The van der Waals surface area contributed by atoms with Gasteiger partial charge in [-0.15, -0.1) is 0 Å². The van der Waals surface area contributed by atoms with Crippen LogP contribution < -0.4 is 4.74 Å². The Labute approximate surface area is 171 Å². The molecule has 2 aliphatic rings. The third-order valence-corrected chi connectivity index (χ3v) is 4.39. The molecule has 1 spiro atoms. The molecule has 1 saturated heterocycles. The van der Waals surface area contributed by atoms with Gasteiger partial charge in [-0.05, 0) is 18.6 Å². The molecule has 0 unspecified atom stereocenters. The Morgan fingerprint density at radius 2 is 1.52 bits per heavy atom. The Balaban J connectivity index is 0.000000491. The maximum Gasteiger partial charge on any atom is 0.386 e. The van der Waals surface area contributed by atoms with Crippen LogP contribution in [0.2, 0.25) is 0 Å². The Morgan fingerprint density at radius 3 is 2.03 bits per heavy atom. The maximum absolute atomic E-state index is 14.7. The fourth-order valence-electron chi connectivity index (χ4n) is 3.34. The van der Waals surface area contributed by atoms with Crippen LogP contribution >= 0.6 is 0 Å². The number of fused-ring (bicyclic) bond motifs is 2. The third-order valence-electron chi connectivity index (χ3n) is 4.39. The van der Waals surface area contributed by atoms with Crippen molar-refractivity contribution >= 4 is 5.78 Å². The summed E-state index contributed by atoms with van der Waals surface area (Å²) in [5.74, 6) is -10.3. The van der Waals surface area contributed by atoms with Crippen molar-refractivity contribution in [2.75, 3.05) is 13.2 Å². The van der Waals surface area contributed by atoms with Crippen LogP contribution in [0, 0.1) is 18.6 Å². The van der Waals surface area contributed by atoms with Gasteiger partial charge in [0.25, 0.3) is 5.79 Å². The van der Waals surface area contributed by atoms with E-state index >= 15 is 0 Å². The molecule has 0 saturated carbocycles. The SMILES string of the molecule is CC(F)(F)F.Cc1ccc(Oc2cc(F)cc(F)c2)c2c1C1(OCCO1)C(F)(F)C2=O. The third kappa shape index (κ3) is 4.24. The number of benzene rings is 2. The summed E-state index contributed by atoms with van der Waals surface area (Å²) in [4.78, 5) is 12.4. The molecule has 0 atom stereocenters. The molecule has 4 nitrogen and oxygen atoms in total. The van der Waals surface area contributed by atoms with E-state index in [4.69, 9.17) is 14.2 Å². The summed E-state index contributed by atoms with van der Waals surface area (Å²) in [5.41, 5.74) is -0.189. The minimum absolute atomic E-state index is 0.0953. The Hall–Kier alpha value is -2.66. The topological polar surface area (TPSA) is 44.8 Å². The van der Waals surface area contributed by atoms with Gasteiger partial charge in [0.2, 0.25) is 5.78 Å². The van der Waals surface area contributed by atoms with Crippen LogP contribution in [0.5, 0.6) is 11.5 Å². The first kappa shape index (κ1) is 23.0. The van der Waals surface area contributed by atoms with Crippen LogP contribution in [0.15, 0.2) is 30.3 Å². The molecule has 1 fully saturated rings. The number of Topliss-reactive ketones (excluding diaryl/α,β-unsaturated/α-hetero) is 1. The van der Waals surface area contributed by atoms with E-state index in [0.29, 0.717) is 11.6 Å². The summed E-state index contributed by atoms with van der Waals surface area (Å²) < 4.78 is 103. The van der Waals surface area contributed by atoms with Crippen LogP contribution in [0.4, 0.5) is 30.7 Å². The zero-order valence-electron chi connectivity index (χ0n) is 16.1. The van der Waals surface area contributed by atoms with Crippen LogP contribution in [0.1, 0.15) is 28.4 Å². The van der Waals surface area contributed by atoms with E-state index < -0.39 is 40.9 Å². The summed E-state index contributed by atoms with van der Waals surface area (Å²) in [5, 5.41) is 0. The predicted molar refractivity (Wildman–Crippen MR) is 92.2 cm³/mol. The van der Waals surface area contributed by atoms with Gasteiger partial charge in [-0.2, -0.15) is 22.0 Å². The average molecular weight is 452 g/mol. The van der Waals surface area contributed by atoms with Crippen molar-refractivity contribution in [3.63, 3.8) is 0 Å². The van der Waals surface area contributed by atoms with Crippen molar-refractivity contribution in [3.05, 3.63) is 58.7 Å². The summed E-state index contributed by atoms with van der Waals surface area (Å²) >= 11 is 0. The number of halogens is 7. The van der Waals surface area contributed by atoms with Crippen molar-refractivity contribution in [2.24, 2.45) is 0 Å². The average Bonchev–Trinajstić information content (AvgIpc) is 3.16. The first-order chi connectivity index (χ1) is 14.3. The zero-order valence-corrected chi connectivity index (χ0v) is 16.1. The lowest BCUT2D eigenvalue weighted by Crippen LogP contribution is -2.46. The van der Waals surface area contributed by atoms with E-state index in [9.17, 15) is 35.5 Å². The van der Waals surface area contributed by atoms with Crippen LogP contribution in [-0.2, 0) is 15.3 Å². The number of hydrogen-bond acceptors (Lipinski definition) is 4. The number of ether oxygens (including phenoxy) is 3. The van der Waals surface area contributed by atoms with E-state index in [2.05, 4.69) is 0 Å². The molecule has 1 aliphatic heterocycles. The molecule has 4 rings (SSSR count). The second-order valence-electron chi connectivity index (χ2n) is 6.84. The molecular weight excluding hydrogens is 437 g/mol. The number of aryl methyl sites for hydroxylation is 1. The molecule has 168 valence electrons. The van der Waals surface area contributed by atoms with Gasteiger partial charge in [0.1, 0.15) is 23.1 Å². The molecule has 2 aromatic carbocycles. The Kier molecular flexibility index (Phi) is 5.78. The van der Waals surface area contributed by atoms with Crippen molar-refractivity contribution in [3.8, 4) is 11.5 Å². The highest BCUT2D eigenvalue weighted by Gasteiger charge is 2.71. The predicted octanol–water partition coefficient (Wildman–Crippen LogP) is 5.67. The fraction of sp³-hybridized carbons (Fsp3) is 0.350. The van der Waals surface area contributed by atoms with Gasteiger partial charge in [0.05, 0.1) is 18.8 Å². The number of carbonyl (C=O) groups is 1. The van der Waals surface area contributed by atoms with E-state index in [1.165, 1.54) is 19.1 Å². The highest BCUT2D eigenvalue weighted by molar-refractivity contribution is 6.09. The zero-order chi connectivity index (χ0) is 23.2. The van der Waals surface area contributed by atoms with Gasteiger partial charge in [0, 0.05) is 30.7 Å². The van der Waals surface area contributed by atoms with E-state index in [0.717, 1.165) is 12.1 Å². The quantitative estimate of drug-likeness (QED) is 0.552. The maximum atomic E-state index is 14.7. The fourth-order valence-corrected chi connectivity index (χ4v) is 3.34. The molecular formula is C20H15F7O4. The summed E-state index contributed by atoms with van der Waals surface area (Å²) in [6, 6.07) is 5.14. The van der Waals surface area contributed by atoms with Crippen molar-refractivity contribution in [1.82, 2.24) is 0 Å². The van der Waals surface area contributed by atoms with Gasteiger partial charge in [-0.1, -0.05) is 6.07 Å². The number of alkyl halides is 5. The van der Waals surface area contributed by atoms with Crippen molar-refractivity contribution in [1.29, 1.82) is 0 Å². The minimum Gasteiger partial charge on any atom is -0.456 e. The summed E-state index contributed by atoms with van der Waals surface area (Å²) in [6.07, 6.45) is -4.00. The molecule has 1 aliphatic carbocycles. The first-order valence-corrected chi connectivity index (χ1v) is 8.81. The minimum atomic E-state index is -4.00. The molecule has 0 N–H and O–H groups in total. The van der Waals surface area contributed by atoms with E-state index in [1.807, 2.05) is 0 Å². The smallest absolute Gasteiger partial charge is 0.386 e. The molecule has 0 bridgehead atoms. The Morgan fingerprint density at radius 1 is 1.00 bits per heavy atom. The highest BCUT2D eigenvalue weighted by Crippen LogP contribution is 2.56. The molecule has 2 aromatic rings. The normalized spacial score (nSPS) is 18.5. The van der Waals surface area contributed by atoms with E-state index in [1.54, 1.807) is 0 Å². The summed E-state index contributed by atoms with van der Waals surface area (Å²) in [6.45, 7) is 1.53. The highest BCUT2D eigenvalue weighted by atomic mass is 19.4. The molecule has 1 heterocycles. The van der Waals surface area contributed by atoms with E-state index in [-0.39, 0.29) is 37.2 Å². The standard InChI is InChI=1S/C18H12F4O4.C2H3F3/c1-9-2-3-13(26-12-7-10(19)6-11(20)8-12)14-15(9)18(24-4-5-25-18)17(21,22)16(14)23;1-2(3,4)5/h2-3,6-8H,4-5H2,1H3;1H3. The van der Waals surface area contributed by atoms with Gasteiger partial charge in [-0.25, -0.2) is 8.78 Å². The lowest BCUT2D eigenvalue weighted by molar-refractivity contribution is -0.270. The van der Waals surface area contributed by atoms with Crippen molar-refractivity contribution < 1.29 is 49.7 Å². The van der Waals surface area contributed by atoms with Gasteiger partial charge < -0.3 is 14.2 Å². The second-order valence-corrected chi connectivity index (χ2v) is 6.84. The number of ketones is 1. The van der Waals surface area contributed by atoms with Gasteiger partial charge >= 0.3 is 12.1 Å². The monoisotopic (exact) mass is 452 g/mol. The number of carbonyl (C=O) groups excluding carboxylic acids is 1. The van der Waals surface area contributed by atoms with Crippen LogP contribution in [0.3, 0.4) is 0 Å².